The lowest BCUT2D eigenvalue weighted by molar-refractivity contribution is 0.101. The van der Waals surface area contributed by atoms with Crippen LogP contribution < -0.4 is 5.32 Å². The standard InChI is InChI=1S/C12H19N3O/c1-2-11(8-13-4-1)3-7-16-10-12-9-14-5-6-15-12/h5-6,9,11,13H,1-4,7-8,10H2/t11-/m1/s1. The van der Waals surface area contributed by atoms with Gasteiger partial charge in [0.1, 0.15) is 0 Å². The molecule has 0 spiro atoms. The van der Waals surface area contributed by atoms with E-state index >= 15 is 0 Å². The summed E-state index contributed by atoms with van der Waals surface area (Å²) in [6.07, 6.45) is 8.91. The van der Waals surface area contributed by atoms with E-state index in [9.17, 15) is 0 Å². The average molecular weight is 221 g/mol. The van der Waals surface area contributed by atoms with Crippen molar-refractivity contribution in [3.8, 4) is 0 Å². The molecular weight excluding hydrogens is 202 g/mol. The summed E-state index contributed by atoms with van der Waals surface area (Å²) in [6.45, 7) is 3.72. The second kappa shape index (κ2) is 6.55. The maximum Gasteiger partial charge on any atom is 0.0903 e. The van der Waals surface area contributed by atoms with E-state index < -0.39 is 0 Å². The van der Waals surface area contributed by atoms with Crippen LogP contribution in [0, 0.1) is 5.92 Å². The summed E-state index contributed by atoms with van der Waals surface area (Å²) in [7, 11) is 0. The number of ether oxygens (including phenoxy) is 1. The number of nitrogens with zero attached hydrogens (tertiary/aromatic N) is 2. The summed E-state index contributed by atoms with van der Waals surface area (Å²) in [5.74, 6) is 0.788. The molecule has 0 saturated carbocycles. The molecule has 1 aliphatic rings. The highest BCUT2D eigenvalue weighted by Crippen LogP contribution is 2.13. The number of piperidine rings is 1. The Morgan fingerprint density at radius 1 is 1.44 bits per heavy atom. The number of hydrogen-bond donors (Lipinski definition) is 1. The van der Waals surface area contributed by atoms with Crippen molar-refractivity contribution >= 4 is 0 Å². The molecule has 4 nitrogen and oxygen atoms in total. The smallest absolute Gasteiger partial charge is 0.0903 e. The molecule has 1 aromatic rings. The van der Waals surface area contributed by atoms with Crippen LogP contribution in [0.2, 0.25) is 0 Å². The molecular formula is C12H19N3O. The zero-order chi connectivity index (χ0) is 11.1. The fourth-order valence-corrected chi connectivity index (χ4v) is 2.00. The lowest BCUT2D eigenvalue weighted by Gasteiger charge is -2.22. The Balaban J connectivity index is 1.58. The van der Waals surface area contributed by atoms with Crippen LogP contribution in [0.3, 0.4) is 0 Å². The van der Waals surface area contributed by atoms with Crippen LogP contribution in [0.5, 0.6) is 0 Å². The van der Waals surface area contributed by atoms with Crippen LogP contribution in [0.15, 0.2) is 18.6 Å². The zero-order valence-corrected chi connectivity index (χ0v) is 9.56. The monoisotopic (exact) mass is 221 g/mol. The van der Waals surface area contributed by atoms with Gasteiger partial charge in [0.25, 0.3) is 0 Å². The van der Waals surface area contributed by atoms with Gasteiger partial charge in [0.2, 0.25) is 0 Å². The summed E-state index contributed by atoms with van der Waals surface area (Å²) >= 11 is 0. The van der Waals surface area contributed by atoms with Gasteiger partial charge in [-0.25, -0.2) is 0 Å². The SMILES string of the molecule is c1cnc(COCC[C@H]2CCCNC2)cn1. The maximum atomic E-state index is 5.59. The topological polar surface area (TPSA) is 47.0 Å². The number of rotatable bonds is 5. The van der Waals surface area contributed by atoms with Gasteiger partial charge in [-0.3, -0.25) is 9.97 Å². The highest BCUT2D eigenvalue weighted by molar-refractivity contribution is 4.91. The third-order valence-electron chi connectivity index (χ3n) is 2.94. The Bertz CT molecular complexity index is 286. The number of nitrogens with one attached hydrogen (secondary N) is 1. The van der Waals surface area contributed by atoms with Crippen molar-refractivity contribution < 1.29 is 4.74 Å². The zero-order valence-electron chi connectivity index (χ0n) is 9.56. The van der Waals surface area contributed by atoms with Crippen LogP contribution in [0.25, 0.3) is 0 Å². The van der Waals surface area contributed by atoms with Crippen LogP contribution in [0.1, 0.15) is 25.0 Å². The van der Waals surface area contributed by atoms with Gasteiger partial charge in [0, 0.05) is 19.0 Å². The van der Waals surface area contributed by atoms with Gasteiger partial charge >= 0.3 is 0 Å². The molecule has 0 aromatic carbocycles. The molecule has 2 heterocycles. The number of hydrogen-bond acceptors (Lipinski definition) is 4. The van der Waals surface area contributed by atoms with E-state index in [0.717, 1.165) is 31.2 Å². The molecule has 1 atom stereocenters. The highest BCUT2D eigenvalue weighted by Gasteiger charge is 2.12. The molecule has 1 N–H and O–H groups in total. The third kappa shape index (κ3) is 3.87. The Morgan fingerprint density at radius 3 is 3.19 bits per heavy atom. The van der Waals surface area contributed by atoms with Crippen molar-refractivity contribution in [1.82, 2.24) is 15.3 Å². The molecule has 88 valence electrons. The van der Waals surface area contributed by atoms with E-state index in [1.54, 1.807) is 18.6 Å². The summed E-state index contributed by atoms with van der Waals surface area (Å²) in [4.78, 5) is 8.16. The van der Waals surface area contributed by atoms with Gasteiger partial charge in [-0.15, -0.1) is 0 Å². The summed E-state index contributed by atoms with van der Waals surface area (Å²) in [5.41, 5.74) is 0.907. The molecule has 0 radical (unpaired) electrons. The molecule has 4 heteroatoms. The van der Waals surface area contributed by atoms with E-state index in [1.807, 2.05) is 0 Å². The first-order chi connectivity index (χ1) is 7.95. The minimum Gasteiger partial charge on any atom is -0.375 e. The largest absolute Gasteiger partial charge is 0.375 e. The summed E-state index contributed by atoms with van der Waals surface area (Å²) < 4.78 is 5.59. The van der Waals surface area contributed by atoms with Gasteiger partial charge < -0.3 is 10.1 Å². The summed E-state index contributed by atoms with van der Waals surface area (Å²) in [6, 6.07) is 0. The quantitative estimate of drug-likeness (QED) is 0.763. The molecule has 1 fully saturated rings. The molecule has 1 aromatic heterocycles. The van der Waals surface area contributed by atoms with Crippen LogP contribution in [0.4, 0.5) is 0 Å². The van der Waals surface area contributed by atoms with Crippen LogP contribution >= 0.6 is 0 Å². The summed E-state index contributed by atoms with van der Waals surface area (Å²) in [5, 5.41) is 3.42. The normalized spacial score (nSPS) is 20.9. The van der Waals surface area contributed by atoms with Gasteiger partial charge in [0.15, 0.2) is 0 Å². The predicted molar refractivity (Wildman–Crippen MR) is 61.9 cm³/mol. The molecule has 0 bridgehead atoms. The average Bonchev–Trinajstić information content (AvgIpc) is 2.37. The lowest BCUT2D eigenvalue weighted by Crippen LogP contribution is -2.30. The number of aromatic nitrogens is 2. The first kappa shape index (κ1) is 11.5. The molecule has 16 heavy (non-hydrogen) atoms. The molecule has 0 unspecified atom stereocenters. The molecule has 2 rings (SSSR count). The van der Waals surface area contributed by atoms with Crippen molar-refractivity contribution in [2.45, 2.75) is 25.9 Å². The Hall–Kier alpha value is -1.00. The third-order valence-corrected chi connectivity index (χ3v) is 2.94. The van der Waals surface area contributed by atoms with Gasteiger partial charge in [-0.1, -0.05) is 0 Å². The molecule has 1 aliphatic heterocycles. The first-order valence-electron chi connectivity index (χ1n) is 5.98. The van der Waals surface area contributed by atoms with Crippen molar-refractivity contribution in [3.63, 3.8) is 0 Å². The van der Waals surface area contributed by atoms with E-state index in [1.165, 1.54) is 19.4 Å². The van der Waals surface area contributed by atoms with E-state index in [-0.39, 0.29) is 0 Å². The first-order valence-corrected chi connectivity index (χ1v) is 5.98. The fraction of sp³-hybridized carbons (Fsp3) is 0.667. The van der Waals surface area contributed by atoms with Crippen molar-refractivity contribution in [1.29, 1.82) is 0 Å². The second-order valence-electron chi connectivity index (χ2n) is 4.25. The minimum absolute atomic E-state index is 0.577. The lowest BCUT2D eigenvalue weighted by atomic mass is 9.97. The fourth-order valence-electron chi connectivity index (χ4n) is 2.00. The van der Waals surface area contributed by atoms with Crippen LogP contribution in [-0.2, 0) is 11.3 Å². The van der Waals surface area contributed by atoms with E-state index in [2.05, 4.69) is 15.3 Å². The minimum atomic E-state index is 0.577. The molecule has 0 amide bonds. The van der Waals surface area contributed by atoms with Crippen molar-refractivity contribution in [3.05, 3.63) is 24.3 Å². The highest BCUT2D eigenvalue weighted by atomic mass is 16.5. The Morgan fingerprint density at radius 2 is 2.44 bits per heavy atom. The Kier molecular flexibility index (Phi) is 4.70. The second-order valence-corrected chi connectivity index (χ2v) is 4.25. The van der Waals surface area contributed by atoms with E-state index in [4.69, 9.17) is 4.74 Å². The predicted octanol–water partition coefficient (Wildman–Crippen LogP) is 1.38. The van der Waals surface area contributed by atoms with Gasteiger partial charge in [0.05, 0.1) is 18.5 Å². The van der Waals surface area contributed by atoms with Crippen molar-refractivity contribution in [2.24, 2.45) is 5.92 Å². The van der Waals surface area contributed by atoms with Crippen LogP contribution in [-0.4, -0.2) is 29.7 Å². The van der Waals surface area contributed by atoms with Gasteiger partial charge in [-0.2, -0.15) is 0 Å². The molecule has 1 saturated heterocycles. The maximum absolute atomic E-state index is 5.59. The Labute approximate surface area is 96.4 Å². The van der Waals surface area contributed by atoms with E-state index in [0.29, 0.717) is 6.61 Å². The van der Waals surface area contributed by atoms with Gasteiger partial charge in [-0.05, 0) is 38.3 Å². The molecule has 0 aliphatic carbocycles. The van der Waals surface area contributed by atoms with Crippen molar-refractivity contribution in [2.75, 3.05) is 19.7 Å².